The van der Waals surface area contributed by atoms with Gasteiger partial charge >= 0.3 is 0 Å². The smallest absolute Gasteiger partial charge is 0.120 e. The van der Waals surface area contributed by atoms with Crippen molar-refractivity contribution in [2.45, 2.75) is 34.1 Å². The number of nitrogens with one attached hydrogen (secondary N) is 1. The molecule has 1 N–H and O–H groups in total. The molecule has 0 radical (unpaired) electrons. The van der Waals surface area contributed by atoms with Crippen LogP contribution in [0.5, 0.6) is 5.75 Å². The average molecular weight is 328 g/mol. The minimum absolute atomic E-state index is 0.308. The van der Waals surface area contributed by atoms with E-state index >= 15 is 0 Å². The van der Waals surface area contributed by atoms with Gasteiger partial charge in [0.25, 0.3) is 0 Å². The zero-order chi connectivity index (χ0) is 14.3. The Bertz CT molecular complexity index is 373. The molecule has 1 rings (SSSR count). The second-order valence-electron chi connectivity index (χ2n) is 5.97. The monoisotopic (exact) mass is 327 g/mol. The van der Waals surface area contributed by atoms with Crippen LogP contribution in [-0.4, -0.2) is 19.7 Å². The predicted octanol–water partition coefficient (Wildman–Crippen LogP) is 4.49. The lowest BCUT2D eigenvalue weighted by molar-refractivity contribution is 0.180. The van der Waals surface area contributed by atoms with Gasteiger partial charge in [0.1, 0.15) is 5.75 Å². The normalized spacial score (nSPS) is 13.3. The van der Waals surface area contributed by atoms with Gasteiger partial charge < -0.3 is 10.1 Å². The molecule has 0 saturated carbocycles. The van der Waals surface area contributed by atoms with Crippen molar-refractivity contribution < 1.29 is 4.74 Å². The van der Waals surface area contributed by atoms with Crippen LogP contribution in [0.15, 0.2) is 28.7 Å². The van der Waals surface area contributed by atoms with E-state index in [-0.39, 0.29) is 0 Å². The van der Waals surface area contributed by atoms with Crippen LogP contribution in [0.1, 0.15) is 34.1 Å². The molecule has 0 fully saturated rings. The summed E-state index contributed by atoms with van der Waals surface area (Å²) in [6.45, 7) is 11.9. The number of hydrogen-bond acceptors (Lipinski definition) is 2. The van der Waals surface area contributed by atoms with E-state index in [0.717, 1.165) is 36.3 Å². The van der Waals surface area contributed by atoms with E-state index in [1.807, 2.05) is 24.3 Å². The summed E-state index contributed by atoms with van der Waals surface area (Å²) in [6, 6.07) is 8.02. The first kappa shape index (κ1) is 16.5. The highest BCUT2D eigenvalue weighted by atomic mass is 79.9. The van der Waals surface area contributed by atoms with Crippen LogP contribution in [0.3, 0.4) is 0 Å². The van der Waals surface area contributed by atoms with E-state index < -0.39 is 0 Å². The maximum absolute atomic E-state index is 5.83. The second-order valence-corrected chi connectivity index (χ2v) is 6.88. The summed E-state index contributed by atoms with van der Waals surface area (Å²) in [7, 11) is 0. The molecule has 19 heavy (non-hydrogen) atoms. The summed E-state index contributed by atoms with van der Waals surface area (Å²) in [5, 5.41) is 3.45. The highest BCUT2D eigenvalue weighted by molar-refractivity contribution is 9.10. The van der Waals surface area contributed by atoms with Crippen molar-refractivity contribution in [2.75, 3.05) is 19.7 Å². The van der Waals surface area contributed by atoms with Crippen molar-refractivity contribution in [1.82, 2.24) is 5.32 Å². The highest BCUT2D eigenvalue weighted by Gasteiger charge is 2.23. The molecule has 0 aliphatic rings. The predicted molar refractivity (Wildman–Crippen MR) is 85.7 cm³/mol. The Morgan fingerprint density at radius 2 is 2.05 bits per heavy atom. The Morgan fingerprint density at radius 1 is 1.32 bits per heavy atom. The van der Waals surface area contributed by atoms with Gasteiger partial charge in [-0.25, -0.2) is 0 Å². The van der Waals surface area contributed by atoms with Gasteiger partial charge in [-0.1, -0.05) is 49.7 Å². The molecule has 0 aliphatic carbocycles. The number of rotatable bonds is 7. The summed E-state index contributed by atoms with van der Waals surface area (Å²) in [5.74, 6) is 1.56. The molecule has 0 aromatic heterocycles. The molecular formula is C16H26BrNO. The van der Waals surface area contributed by atoms with Crippen LogP contribution in [0.25, 0.3) is 0 Å². The molecule has 0 aliphatic heterocycles. The van der Waals surface area contributed by atoms with Gasteiger partial charge in [0.15, 0.2) is 0 Å². The molecular weight excluding hydrogens is 302 g/mol. The van der Waals surface area contributed by atoms with Gasteiger partial charge in [0, 0.05) is 4.47 Å². The third-order valence-corrected chi connectivity index (χ3v) is 3.89. The molecule has 0 heterocycles. The number of ether oxygens (including phenoxy) is 1. The van der Waals surface area contributed by atoms with Gasteiger partial charge in [-0.05, 0) is 49.0 Å². The first-order chi connectivity index (χ1) is 8.93. The van der Waals surface area contributed by atoms with Gasteiger partial charge in [-0.2, -0.15) is 0 Å². The van der Waals surface area contributed by atoms with Crippen molar-refractivity contribution in [2.24, 2.45) is 11.3 Å². The molecule has 0 spiro atoms. The Hall–Kier alpha value is -0.540. The number of hydrogen-bond donors (Lipinski definition) is 1. The van der Waals surface area contributed by atoms with E-state index in [1.165, 1.54) is 0 Å². The summed E-state index contributed by atoms with van der Waals surface area (Å²) >= 11 is 3.46. The maximum atomic E-state index is 5.83. The second kappa shape index (κ2) is 7.91. The molecule has 1 atom stereocenters. The van der Waals surface area contributed by atoms with Crippen molar-refractivity contribution in [3.63, 3.8) is 0 Å². The van der Waals surface area contributed by atoms with Crippen LogP contribution < -0.4 is 10.1 Å². The zero-order valence-electron chi connectivity index (χ0n) is 12.5. The average Bonchev–Trinajstić information content (AvgIpc) is 2.32. The summed E-state index contributed by atoms with van der Waals surface area (Å²) in [5.41, 5.74) is 0.308. The molecule has 1 aromatic carbocycles. The molecule has 2 nitrogen and oxygen atoms in total. The van der Waals surface area contributed by atoms with E-state index in [4.69, 9.17) is 4.74 Å². The molecule has 1 aromatic rings. The molecule has 0 saturated heterocycles. The highest BCUT2D eigenvalue weighted by Crippen LogP contribution is 2.28. The van der Waals surface area contributed by atoms with Crippen LogP contribution in [-0.2, 0) is 0 Å². The van der Waals surface area contributed by atoms with Gasteiger partial charge in [-0.15, -0.1) is 0 Å². The number of halogens is 1. The maximum Gasteiger partial charge on any atom is 0.120 e. The van der Waals surface area contributed by atoms with Crippen molar-refractivity contribution in [3.05, 3.63) is 28.7 Å². The van der Waals surface area contributed by atoms with Gasteiger partial charge in [-0.3, -0.25) is 0 Å². The molecule has 108 valence electrons. The largest absolute Gasteiger partial charge is 0.494 e. The lowest BCUT2D eigenvalue weighted by Crippen LogP contribution is -2.33. The molecule has 3 heteroatoms. The molecule has 0 bridgehead atoms. The molecule has 1 unspecified atom stereocenters. The minimum Gasteiger partial charge on any atom is -0.494 e. The quantitative estimate of drug-likeness (QED) is 0.796. The summed E-state index contributed by atoms with van der Waals surface area (Å²) < 4.78 is 6.89. The van der Waals surface area contributed by atoms with Crippen molar-refractivity contribution in [3.8, 4) is 5.75 Å². The van der Waals surface area contributed by atoms with Gasteiger partial charge in [0.05, 0.1) is 6.61 Å². The standard InChI is InChI=1S/C16H26BrNO/c1-5-18-12-13(16(2,3)4)9-10-19-15-8-6-7-14(17)11-15/h6-8,11,13,18H,5,9-10,12H2,1-4H3. The van der Waals surface area contributed by atoms with Crippen LogP contribution in [0.4, 0.5) is 0 Å². The Balaban J connectivity index is 2.43. The van der Waals surface area contributed by atoms with Crippen LogP contribution in [0.2, 0.25) is 0 Å². The first-order valence-corrected chi connectivity index (χ1v) is 7.82. The first-order valence-electron chi connectivity index (χ1n) is 7.02. The fourth-order valence-electron chi connectivity index (χ4n) is 2.04. The summed E-state index contributed by atoms with van der Waals surface area (Å²) in [6.07, 6.45) is 1.07. The molecule has 0 amide bonds. The Labute approximate surface area is 126 Å². The fraction of sp³-hybridized carbons (Fsp3) is 0.625. The van der Waals surface area contributed by atoms with E-state index in [2.05, 4.69) is 48.9 Å². The third kappa shape index (κ3) is 6.44. The number of benzene rings is 1. The third-order valence-electron chi connectivity index (χ3n) is 3.40. The zero-order valence-corrected chi connectivity index (χ0v) is 14.1. The SMILES string of the molecule is CCNCC(CCOc1cccc(Br)c1)C(C)(C)C. The van der Waals surface area contributed by atoms with Crippen molar-refractivity contribution in [1.29, 1.82) is 0 Å². The van der Waals surface area contributed by atoms with Gasteiger partial charge in [0.2, 0.25) is 0 Å². The van der Waals surface area contributed by atoms with Crippen LogP contribution in [0, 0.1) is 11.3 Å². The van der Waals surface area contributed by atoms with E-state index in [0.29, 0.717) is 11.3 Å². The Kier molecular flexibility index (Phi) is 6.87. The summed E-state index contributed by atoms with van der Waals surface area (Å²) in [4.78, 5) is 0. The lowest BCUT2D eigenvalue weighted by atomic mass is 9.79. The minimum atomic E-state index is 0.308. The lowest BCUT2D eigenvalue weighted by Gasteiger charge is -2.31. The Morgan fingerprint density at radius 3 is 2.63 bits per heavy atom. The fourth-order valence-corrected chi connectivity index (χ4v) is 2.41. The topological polar surface area (TPSA) is 21.3 Å². The van der Waals surface area contributed by atoms with E-state index in [9.17, 15) is 0 Å². The van der Waals surface area contributed by atoms with Crippen molar-refractivity contribution >= 4 is 15.9 Å². The van der Waals surface area contributed by atoms with E-state index in [1.54, 1.807) is 0 Å². The van der Waals surface area contributed by atoms with Crippen LogP contribution >= 0.6 is 15.9 Å².